The minimum atomic E-state index is -0.197. The van der Waals surface area contributed by atoms with Crippen molar-refractivity contribution < 1.29 is 9.59 Å². The zero-order valence-electron chi connectivity index (χ0n) is 18.8. The Labute approximate surface area is 195 Å². The molecule has 0 bridgehead atoms. The number of hydrogen-bond donors (Lipinski definition) is 2. The zero-order chi connectivity index (χ0) is 22.8. The van der Waals surface area contributed by atoms with Gasteiger partial charge in [0.2, 0.25) is 5.91 Å². The Morgan fingerprint density at radius 1 is 0.938 bits per heavy atom. The molecule has 1 aliphatic heterocycles. The second-order valence-corrected chi connectivity index (χ2v) is 8.67. The highest BCUT2D eigenvalue weighted by Crippen LogP contribution is 2.18. The summed E-state index contributed by atoms with van der Waals surface area (Å²) in [6.07, 6.45) is 2.30. The third kappa shape index (κ3) is 7.84. The summed E-state index contributed by atoms with van der Waals surface area (Å²) < 4.78 is 0. The van der Waals surface area contributed by atoms with Gasteiger partial charge in [0.25, 0.3) is 5.91 Å². The van der Waals surface area contributed by atoms with Crippen molar-refractivity contribution in [2.45, 2.75) is 26.2 Å². The van der Waals surface area contributed by atoms with E-state index < -0.39 is 0 Å². The highest BCUT2D eigenvalue weighted by molar-refractivity contribution is 6.30. The molecule has 1 aliphatic rings. The van der Waals surface area contributed by atoms with Crippen LogP contribution in [0.25, 0.3) is 0 Å². The van der Waals surface area contributed by atoms with Gasteiger partial charge >= 0.3 is 0 Å². The van der Waals surface area contributed by atoms with E-state index in [1.54, 1.807) is 24.3 Å². The number of amides is 2. The Balaban J connectivity index is 1.21. The summed E-state index contributed by atoms with van der Waals surface area (Å²) in [5.74, 6) is -0.231. The van der Waals surface area contributed by atoms with E-state index in [4.69, 9.17) is 11.6 Å². The average Bonchev–Trinajstić information content (AvgIpc) is 2.79. The first kappa shape index (κ1) is 24.1. The summed E-state index contributed by atoms with van der Waals surface area (Å²) in [4.78, 5) is 28.9. The van der Waals surface area contributed by atoms with Crippen molar-refractivity contribution in [2.75, 3.05) is 50.7 Å². The minimum Gasteiger partial charge on any atom is -0.369 e. The number of anilines is 1. The van der Waals surface area contributed by atoms with Crippen molar-refractivity contribution in [2.24, 2.45) is 0 Å². The van der Waals surface area contributed by atoms with Crippen molar-refractivity contribution in [3.05, 3.63) is 64.7 Å². The molecule has 6 nitrogen and oxygen atoms in total. The van der Waals surface area contributed by atoms with Crippen molar-refractivity contribution in [3.8, 4) is 0 Å². The van der Waals surface area contributed by atoms with Crippen molar-refractivity contribution in [1.82, 2.24) is 15.5 Å². The lowest BCUT2D eigenvalue weighted by Gasteiger charge is -2.36. The van der Waals surface area contributed by atoms with Gasteiger partial charge in [0.15, 0.2) is 0 Å². The number of nitrogens with zero attached hydrogens (tertiary/aromatic N) is 2. The highest BCUT2D eigenvalue weighted by Gasteiger charge is 2.16. The van der Waals surface area contributed by atoms with Gasteiger partial charge in [0.1, 0.15) is 0 Å². The van der Waals surface area contributed by atoms with Crippen LogP contribution in [-0.2, 0) is 4.79 Å². The molecule has 0 radical (unpaired) electrons. The molecular formula is C25H33ClN4O2. The van der Waals surface area contributed by atoms with Gasteiger partial charge in [-0.3, -0.25) is 14.5 Å². The molecule has 1 saturated heterocycles. The van der Waals surface area contributed by atoms with E-state index >= 15 is 0 Å². The van der Waals surface area contributed by atoms with Gasteiger partial charge in [-0.1, -0.05) is 23.7 Å². The van der Waals surface area contributed by atoms with Crippen LogP contribution in [0.3, 0.4) is 0 Å². The number of rotatable bonds is 10. The van der Waals surface area contributed by atoms with E-state index in [-0.39, 0.29) is 18.2 Å². The van der Waals surface area contributed by atoms with E-state index in [0.29, 0.717) is 23.7 Å². The molecule has 2 aromatic carbocycles. The number of nitrogens with one attached hydrogen (secondary N) is 2. The Bertz CT molecular complexity index is 880. The second-order valence-electron chi connectivity index (χ2n) is 8.24. The van der Waals surface area contributed by atoms with Crippen LogP contribution in [0.1, 0.15) is 35.2 Å². The Kier molecular flexibility index (Phi) is 9.38. The summed E-state index contributed by atoms with van der Waals surface area (Å²) >= 11 is 5.82. The first-order valence-electron chi connectivity index (χ1n) is 11.4. The molecule has 0 unspecified atom stereocenters. The molecule has 2 aromatic rings. The van der Waals surface area contributed by atoms with Gasteiger partial charge in [-0.2, -0.15) is 0 Å². The van der Waals surface area contributed by atoms with E-state index in [2.05, 4.69) is 51.6 Å². The minimum absolute atomic E-state index is 0.0341. The first-order chi connectivity index (χ1) is 15.5. The second kappa shape index (κ2) is 12.5. The van der Waals surface area contributed by atoms with Gasteiger partial charge in [0.05, 0.1) is 0 Å². The maximum Gasteiger partial charge on any atom is 0.251 e. The topological polar surface area (TPSA) is 64.7 Å². The van der Waals surface area contributed by atoms with Crippen LogP contribution in [0.15, 0.2) is 48.5 Å². The maximum absolute atomic E-state index is 12.0. The Morgan fingerprint density at radius 3 is 2.41 bits per heavy atom. The molecule has 0 spiro atoms. The van der Waals surface area contributed by atoms with Crippen LogP contribution < -0.4 is 15.5 Å². The molecule has 2 amide bonds. The predicted octanol–water partition coefficient (Wildman–Crippen LogP) is 3.49. The van der Waals surface area contributed by atoms with E-state index in [1.807, 2.05) is 0 Å². The van der Waals surface area contributed by atoms with Gasteiger partial charge in [-0.05, 0) is 68.3 Å². The lowest BCUT2D eigenvalue weighted by atomic mass is 10.2. The molecule has 0 saturated carbocycles. The average molecular weight is 457 g/mol. The maximum atomic E-state index is 12.0. The van der Waals surface area contributed by atoms with Crippen molar-refractivity contribution in [3.63, 3.8) is 0 Å². The molecule has 0 aromatic heterocycles. The van der Waals surface area contributed by atoms with Gasteiger partial charge in [-0.15, -0.1) is 0 Å². The summed E-state index contributed by atoms with van der Waals surface area (Å²) in [7, 11) is 0. The number of piperazine rings is 1. The van der Waals surface area contributed by atoms with Crippen LogP contribution in [0, 0.1) is 6.92 Å². The normalized spacial score (nSPS) is 14.2. The summed E-state index contributed by atoms with van der Waals surface area (Å²) in [5.41, 5.74) is 3.15. The van der Waals surface area contributed by atoms with Crippen LogP contribution >= 0.6 is 11.6 Å². The number of unbranched alkanes of at least 4 members (excludes halogenated alkanes) is 1. The molecular weight excluding hydrogens is 424 g/mol. The predicted molar refractivity (Wildman–Crippen MR) is 130 cm³/mol. The molecule has 0 atom stereocenters. The third-order valence-electron chi connectivity index (χ3n) is 5.71. The summed E-state index contributed by atoms with van der Waals surface area (Å²) in [6, 6.07) is 15.4. The number of halogens is 1. The fraction of sp³-hybridized carbons (Fsp3) is 0.440. The molecule has 1 fully saturated rings. The first-order valence-corrected chi connectivity index (χ1v) is 11.7. The fourth-order valence-corrected chi connectivity index (χ4v) is 3.95. The molecule has 2 N–H and O–H groups in total. The molecule has 3 rings (SSSR count). The smallest absolute Gasteiger partial charge is 0.251 e. The molecule has 1 heterocycles. The number of hydrogen-bond acceptors (Lipinski definition) is 4. The summed E-state index contributed by atoms with van der Waals surface area (Å²) in [6.45, 7) is 8.46. The lowest BCUT2D eigenvalue weighted by molar-refractivity contribution is -0.120. The van der Waals surface area contributed by atoms with Crippen LogP contribution in [0.4, 0.5) is 5.69 Å². The van der Waals surface area contributed by atoms with E-state index in [1.165, 1.54) is 11.3 Å². The van der Waals surface area contributed by atoms with Crippen LogP contribution in [0.5, 0.6) is 0 Å². The van der Waals surface area contributed by atoms with E-state index in [0.717, 1.165) is 45.6 Å². The zero-order valence-corrected chi connectivity index (χ0v) is 19.5. The van der Waals surface area contributed by atoms with Crippen molar-refractivity contribution >= 4 is 29.1 Å². The molecule has 172 valence electrons. The number of carbonyl (C=O) groups is 2. The van der Waals surface area contributed by atoms with Gasteiger partial charge < -0.3 is 15.5 Å². The monoisotopic (exact) mass is 456 g/mol. The fourth-order valence-electron chi connectivity index (χ4n) is 3.82. The number of aryl methyl sites for hydroxylation is 1. The highest BCUT2D eigenvalue weighted by atomic mass is 35.5. The largest absolute Gasteiger partial charge is 0.369 e. The van der Waals surface area contributed by atoms with Crippen LogP contribution in [0.2, 0.25) is 5.02 Å². The standard InChI is InChI=1S/C25H33ClN4O2/c1-20-5-4-6-23(19-20)30-17-15-29(16-18-30)14-3-2-12-27-24(31)11-13-28-25(32)21-7-9-22(26)10-8-21/h4-10,19H,2-3,11-18H2,1H3,(H,27,31)(H,28,32). The number of benzene rings is 2. The Morgan fingerprint density at radius 2 is 1.69 bits per heavy atom. The molecule has 7 heteroatoms. The third-order valence-corrected chi connectivity index (χ3v) is 5.96. The molecule has 32 heavy (non-hydrogen) atoms. The van der Waals surface area contributed by atoms with Crippen molar-refractivity contribution in [1.29, 1.82) is 0 Å². The quantitative estimate of drug-likeness (QED) is 0.537. The molecule has 0 aliphatic carbocycles. The Hall–Kier alpha value is -2.57. The van der Waals surface area contributed by atoms with E-state index in [9.17, 15) is 9.59 Å². The summed E-state index contributed by atoms with van der Waals surface area (Å²) in [5, 5.41) is 6.29. The number of carbonyl (C=O) groups excluding carboxylic acids is 2. The van der Waals surface area contributed by atoms with Gasteiger partial charge in [-0.25, -0.2) is 0 Å². The lowest BCUT2D eigenvalue weighted by Crippen LogP contribution is -2.46. The van der Waals surface area contributed by atoms with Gasteiger partial charge in [0, 0.05) is 62.0 Å². The SMILES string of the molecule is Cc1cccc(N2CCN(CCCCNC(=O)CCNC(=O)c3ccc(Cl)cc3)CC2)c1. The van der Waals surface area contributed by atoms with Crippen LogP contribution in [-0.4, -0.2) is 62.5 Å².